The van der Waals surface area contributed by atoms with Crippen LogP contribution in [-0.4, -0.2) is 39.1 Å². The first-order chi connectivity index (χ1) is 19.6. The summed E-state index contributed by atoms with van der Waals surface area (Å²) in [6.45, 7) is 18.0. The Morgan fingerprint density at radius 3 is 1.85 bits per heavy atom. The molecule has 5 nitrogen and oxygen atoms in total. The molecule has 0 spiro atoms. The van der Waals surface area contributed by atoms with Crippen molar-refractivity contribution in [3.63, 3.8) is 0 Å². The van der Waals surface area contributed by atoms with Crippen LogP contribution < -0.4 is 21.0 Å². The molecule has 3 aromatic carbocycles. The van der Waals surface area contributed by atoms with Crippen LogP contribution >= 0.6 is 0 Å². The third-order valence-corrected chi connectivity index (χ3v) is 12.5. The predicted molar refractivity (Wildman–Crippen MR) is 173 cm³/mol. The summed E-state index contributed by atoms with van der Waals surface area (Å²) < 4.78 is 12.7. The van der Waals surface area contributed by atoms with Crippen LogP contribution in [0.1, 0.15) is 53.5 Å². The maximum Gasteiger partial charge on any atom is 0.407 e. The van der Waals surface area contributed by atoms with Crippen molar-refractivity contribution in [2.75, 3.05) is 6.61 Å². The summed E-state index contributed by atoms with van der Waals surface area (Å²) in [5.74, 6) is 0.182. The SMILES string of the molecule is C=CC[C@H](N[C@@H](C)CO[Si](c1ccccc1)(c1ccccc1)C(C)(C)C)[C@@H](NC(=O)OCc1ccccc1)C(C)C. The lowest BCUT2D eigenvalue weighted by Gasteiger charge is -2.44. The number of benzene rings is 3. The zero-order chi connectivity index (χ0) is 29.9. The number of hydrogen-bond acceptors (Lipinski definition) is 4. The fourth-order valence-corrected chi connectivity index (χ4v) is 10.2. The van der Waals surface area contributed by atoms with E-state index >= 15 is 0 Å². The van der Waals surface area contributed by atoms with Crippen LogP contribution in [0, 0.1) is 5.92 Å². The van der Waals surface area contributed by atoms with Gasteiger partial charge in [0, 0.05) is 18.7 Å². The van der Waals surface area contributed by atoms with Crippen LogP contribution in [-0.2, 0) is 15.8 Å². The van der Waals surface area contributed by atoms with E-state index in [0.29, 0.717) is 13.0 Å². The van der Waals surface area contributed by atoms with Crippen molar-refractivity contribution in [3.8, 4) is 0 Å². The summed E-state index contributed by atoms with van der Waals surface area (Å²) >= 11 is 0. The van der Waals surface area contributed by atoms with Crippen LogP contribution in [0.25, 0.3) is 0 Å². The monoisotopic (exact) mass is 572 g/mol. The van der Waals surface area contributed by atoms with E-state index in [4.69, 9.17) is 9.16 Å². The Kier molecular flexibility index (Phi) is 11.9. The van der Waals surface area contributed by atoms with Crippen molar-refractivity contribution >= 4 is 24.8 Å². The van der Waals surface area contributed by atoms with Gasteiger partial charge in [-0.15, -0.1) is 6.58 Å². The van der Waals surface area contributed by atoms with E-state index in [2.05, 4.69) is 119 Å². The highest BCUT2D eigenvalue weighted by atomic mass is 28.4. The second-order valence-corrected chi connectivity index (χ2v) is 16.5. The van der Waals surface area contributed by atoms with Crippen LogP contribution in [0.4, 0.5) is 4.79 Å². The Balaban J connectivity index is 1.77. The first kappa shape index (κ1) is 32.3. The van der Waals surface area contributed by atoms with Crippen LogP contribution in [0.5, 0.6) is 0 Å². The van der Waals surface area contributed by atoms with E-state index < -0.39 is 14.4 Å². The molecular weight excluding hydrogens is 524 g/mol. The predicted octanol–water partition coefficient (Wildman–Crippen LogP) is 6.44. The number of alkyl carbamates (subject to hydrolysis) is 1. The lowest BCUT2D eigenvalue weighted by atomic mass is 9.93. The molecule has 2 N–H and O–H groups in total. The fourth-order valence-electron chi connectivity index (χ4n) is 5.56. The van der Waals surface area contributed by atoms with Crippen molar-refractivity contribution in [1.29, 1.82) is 0 Å². The van der Waals surface area contributed by atoms with Gasteiger partial charge < -0.3 is 19.8 Å². The molecule has 0 aliphatic heterocycles. The summed E-state index contributed by atoms with van der Waals surface area (Å²) in [4.78, 5) is 12.8. The molecule has 0 bridgehead atoms. The highest BCUT2D eigenvalue weighted by Gasteiger charge is 2.50. The first-order valence-electron chi connectivity index (χ1n) is 14.7. The Labute approximate surface area is 248 Å². The molecular formula is C35H48N2O3Si. The molecule has 3 atom stereocenters. The van der Waals surface area contributed by atoms with E-state index in [1.165, 1.54) is 10.4 Å². The lowest BCUT2D eigenvalue weighted by molar-refractivity contribution is 0.127. The number of carbonyl (C=O) groups is 1. The highest BCUT2D eigenvalue weighted by Crippen LogP contribution is 2.36. The largest absolute Gasteiger partial charge is 0.445 e. The molecule has 0 aromatic heterocycles. The quantitative estimate of drug-likeness (QED) is 0.173. The van der Waals surface area contributed by atoms with E-state index in [0.717, 1.165) is 5.56 Å². The number of hydrogen-bond donors (Lipinski definition) is 2. The molecule has 6 heteroatoms. The van der Waals surface area contributed by atoms with Crippen molar-refractivity contribution < 1.29 is 14.0 Å². The second kappa shape index (κ2) is 15.2. The second-order valence-electron chi connectivity index (χ2n) is 12.1. The summed E-state index contributed by atoms with van der Waals surface area (Å²) in [5.41, 5.74) is 0.957. The highest BCUT2D eigenvalue weighted by molar-refractivity contribution is 6.99. The van der Waals surface area contributed by atoms with Gasteiger partial charge in [-0.3, -0.25) is 0 Å². The molecule has 0 radical (unpaired) electrons. The number of carbonyl (C=O) groups excluding carboxylic acids is 1. The molecule has 0 fully saturated rings. The van der Waals surface area contributed by atoms with E-state index in [-0.39, 0.29) is 35.7 Å². The molecule has 3 aromatic rings. The zero-order valence-corrected chi connectivity index (χ0v) is 26.6. The van der Waals surface area contributed by atoms with E-state index in [1.54, 1.807) is 0 Å². The lowest BCUT2D eigenvalue weighted by Crippen LogP contribution is -2.67. The minimum atomic E-state index is -2.65. The Morgan fingerprint density at radius 2 is 1.39 bits per heavy atom. The van der Waals surface area contributed by atoms with Gasteiger partial charge in [0.15, 0.2) is 0 Å². The zero-order valence-electron chi connectivity index (χ0n) is 25.6. The fraction of sp³-hybridized carbons (Fsp3) is 0.400. The summed E-state index contributed by atoms with van der Waals surface area (Å²) in [5, 5.41) is 9.31. The van der Waals surface area contributed by atoms with Gasteiger partial charge in [0.05, 0.1) is 6.04 Å². The first-order valence-corrected chi connectivity index (χ1v) is 16.6. The van der Waals surface area contributed by atoms with E-state index in [9.17, 15) is 4.79 Å². The molecule has 0 saturated heterocycles. The molecule has 0 unspecified atom stereocenters. The smallest absolute Gasteiger partial charge is 0.407 e. The van der Waals surface area contributed by atoms with Crippen molar-refractivity contribution in [2.24, 2.45) is 5.92 Å². The van der Waals surface area contributed by atoms with Crippen molar-refractivity contribution in [2.45, 2.75) is 77.7 Å². The molecule has 0 heterocycles. The molecule has 3 rings (SSSR count). The van der Waals surface area contributed by atoms with Gasteiger partial charge in [-0.1, -0.05) is 132 Å². The number of rotatable bonds is 14. The van der Waals surface area contributed by atoms with Crippen molar-refractivity contribution in [3.05, 3.63) is 109 Å². The van der Waals surface area contributed by atoms with Gasteiger partial charge in [-0.25, -0.2) is 4.79 Å². The third kappa shape index (κ3) is 8.65. The van der Waals surface area contributed by atoms with Gasteiger partial charge in [-0.05, 0) is 40.2 Å². The minimum Gasteiger partial charge on any atom is -0.445 e. The molecule has 41 heavy (non-hydrogen) atoms. The molecule has 1 amide bonds. The third-order valence-electron chi connectivity index (χ3n) is 7.53. The maximum absolute atomic E-state index is 12.8. The average Bonchev–Trinajstić information content (AvgIpc) is 2.96. The van der Waals surface area contributed by atoms with Gasteiger partial charge >= 0.3 is 6.09 Å². The number of amides is 1. The summed E-state index contributed by atoms with van der Waals surface area (Å²) in [6.07, 6.45) is 2.19. The van der Waals surface area contributed by atoms with Gasteiger partial charge in [0.1, 0.15) is 6.61 Å². The average molecular weight is 573 g/mol. The molecule has 0 saturated carbocycles. The minimum absolute atomic E-state index is 0.0324. The van der Waals surface area contributed by atoms with Crippen LogP contribution in [0.2, 0.25) is 5.04 Å². The number of ether oxygens (including phenoxy) is 1. The Morgan fingerprint density at radius 1 is 0.878 bits per heavy atom. The topological polar surface area (TPSA) is 59.6 Å². The Hall–Kier alpha value is -3.19. The normalized spacial score (nSPS) is 14.2. The standard InChI is InChI=1S/C35H48N2O3Si/c1-8-18-32(33(27(2)3)37-34(38)39-26-29-19-12-9-13-20-29)36-28(4)25-40-41(35(5,6)7,30-21-14-10-15-22-30)31-23-16-11-17-24-31/h8-17,19-24,27-28,32-33,36H,1,18,25-26H2,2-7H3,(H,37,38)/t28-,32-,33-/m0/s1. The van der Waals surface area contributed by atoms with Gasteiger partial charge in [0.25, 0.3) is 8.32 Å². The van der Waals surface area contributed by atoms with Gasteiger partial charge in [0.2, 0.25) is 0 Å². The van der Waals surface area contributed by atoms with Gasteiger partial charge in [-0.2, -0.15) is 0 Å². The number of nitrogens with one attached hydrogen (secondary N) is 2. The van der Waals surface area contributed by atoms with Crippen LogP contribution in [0.3, 0.4) is 0 Å². The van der Waals surface area contributed by atoms with E-state index in [1.807, 2.05) is 36.4 Å². The molecule has 0 aliphatic carbocycles. The van der Waals surface area contributed by atoms with Crippen molar-refractivity contribution in [1.82, 2.24) is 10.6 Å². The molecule has 220 valence electrons. The Bertz CT molecular complexity index is 1160. The summed E-state index contributed by atoms with van der Waals surface area (Å²) in [7, 11) is -2.65. The maximum atomic E-state index is 12.8. The summed E-state index contributed by atoms with van der Waals surface area (Å²) in [6, 6.07) is 31.0. The van der Waals surface area contributed by atoms with Crippen LogP contribution in [0.15, 0.2) is 104 Å². The molecule has 0 aliphatic rings.